The Morgan fingerprint density at radius 2 is 1.72 bits per heavy atom. The van der Waals surface area contributed by atoms with Gasteiger partial charge in [-0.05, 0) is 35.9 Å². The molecule has 0 radical (unpaired) electrons. The van der Waals surface area contributed by atoms with Crippen LogP contribution in [0.25, 0.3) is 0 Å². The lowest BCUT2D eigenvalue weighted by Gasteiger charge is -2.32. The number of carbonyl (C=O) groups is 2. The van der Waals surface area contributed by atoms with Crippen molar-refractivity contribution in [2.45, 2.75) is 51.4 Å². The molecule has 1 fully saturated rings. The number of nitrogens with zero attached hydrogens (tertiary/aromatic N) is 1. The first-order chi connectivity index (χ1) is 16.8. The van der Waals surface area contributed by atoms with Crippen LogP contribution < -0.4 is 15.2 Å². The van der Waals surface area contributed by atoms with Crippen molar-refractivity contribution in [2.24, 2.45) is 5.73 Å². The fraction of sp³-hybridized carbons (Fsp3) is 0.385. The third-order valence-electron chi connectivity index (χ3n) is 5.43. The number of likely N-dealkylation sites (tertiary alicyclic amines) is 1. The molecule has 10 heteroatoms. The van der Waals surface area contributed by atoms with E-state index < -0.39 is 20.3 Å². The second-order valence-electron chi connectivity index (χ2n) is 9.64. The van der Waals surface area contributed by atoms with Crippen molar-refractivity contribution in [3.63, 3.8) is 0 Å². The van der Waals surface area contributed by atoms with Crippen LogP contribution in [0, 0.1) is 11.5 Å². The largest absolute Gasteiger partial charge is 0.573 e. The second kappa shape index (κ2) is 11.1. The van der Waals surface area contributed by atoms with Crippen LogP contribution in [0.1, 0.15) is 34.3 Å². The van der Waals surface area contributed by atoms with Crippen molar-refractivity contribution in [3.05, 3.63) is 59.2 Å². The van der Waals surface area contributed by atoms with Gasteiger partial charge in [-0.15, -0.1) is 18.7 Å². The molecule has 2 amide bonds. The van der Waals surface area contributed by atoms with Gasteiger partial charge in [0.2, 0.25) is 5.91 Å². The van der Waals surface area contributed by atoms with Gasteiger partial charge in [0.1, 0.15) is 25.7 Å². The monoisotopic (exact) mass is 518 g/mol. The number of halogens is 3. The van der Waals surface area contributed by atoms with Crippen LogP contribution in [-0.2, 0) is 11.2 Å². The quantitative estimate of drug-likeness (QED) is 0.450. The third kappa shape index (κ3) is 8.34. The molecule has 0 aromatic heterocycles. The SMILES string of the molecule is C[Si](C)(C)C#Cc1ccc(OC2CCN(C(=O)Cc3ccc(OC(F)(F)F)cc3)CC2)c(C(N)=O)c1. The summed E-state index contributed by atoms with van der Waals surface area (Å²) in [6.45, 7) is 7.32. The lowest BCUT2D eigenvalue weighted by atomic mass is 10.0. The van der Waals surface area contributed by atoms with E-state index in [1.807, 2.05) is 0 Å². The van der Waals surface area contributed by atoms with Crippen molar-refractivity contribution in [1.29, 1.82) is 0 Å². The first kappa shape index (κ1) is 27.1. The number of alkyl halides is 3. The number of nitrogens with two attached hydrogens (primary N) is 1. The molecule has 0 unspecified atom stereocenters. The van der Waals surface area contributed by atoms with Crippen molar-refractivity contribution >= 4 is 19.9 Å². The fourth-order valence-corrected chi connectivity index (χ4v) is 4.18. The molecule has 1 aliphatic rings. The number of ether oxygens (including phenoxy) is 2. The summed E-state index contributed by atoms with van der Waals surface area (Å²) >= 11 is 0. The summed E-state index contributed by atoms with van der Waals surface area (Å²) < 4.78 is 46.8. The zero-order valence-electron chi connectivity index (χ0n) is 20.4. The molecule has 2 aromatic rings. The van der Waals surface area contributed by atoms with Crippen molar-refractivity contribution in [1.82, 2.24) is 4.90 Å². The topological polar surface area (TPSA) is 81.9 Å². The number of piperidine rings is 1. The van der Waals surface area contributed by atoms with E-state index in [4.69, 9.17) is 10.5 Å². The van der Waals surface area contributed by atoms with Crippen LogP contribution in [0.3, 0.4) is 0 Å². The Hall–Kier alpha value is -3.45. The number of amides is 2. The summed E-state index contributed by atoms with van der Waals surface area (Å²) in [5.74, 6) is 2.45. The van der Waals surface area contributed by atoms with Gasteiger partial charge in [-0.25, -0.2) is 0 Å². The van der Waals surface area contributed by atoms with Gasteiger partial charge >= 0.3 is 6.36 Å². The van der Waals surface area contributed by atoms with E-state index in [1.165, 1.54) is 24.3 Å². The molecule has 3 rings (SSSR count). The number of benzene rings is 2. The van der Waals surface area contributed by atoms with Crippen LogP contribution in [-0.4, -0.2) is 50.3 Å². The maximum absolute atomic E-state index is 12.7. The normalized spacial score (nSPS) is 14.6. The Morgan fingerprint density at radius 1 is 1.08 bits per heavy atom. The van der Waals surface area contributed by atoms with E-state index in [1.54, 1.807) is 23.1 Å². The van der Waals surface area contributed by atoms with E-state index in [0.29, 0.717) is 42.8 Å². The van der Waals surface area contributed by atoms with Gasteiger partial charge in [0, 0.05) is 31.5 Å². The van der Waals surface area contributed by atoms with Crippen molar-refractivity contribution in [2.75, 3.05) is 13.1 Å². The summed E-state index contributed by atoms with van der Waals surface area (Å²) in [5.41, 5.74) is 10.4. The molecule has 36 heavy (non-hydrogen) atoms. The van der Waals surface area contributed by atoms with Crippen molar-refractivity contribution in [3.8, 4) is 23.0 Å². The predicted octanol–water partition coefficient (Wildman–Crippen LogP) is 4.53. The molecule has 2 N–H and O–H groups in total. The molecular formula is C26H29F3N2O4Si. The first-order valence-corrected chi connectivity index (χ1v) is 15.1. The Bertz CT molecular complexity index is 1160. The van der Waals surface area contributed by atoms with Gasteiger partial charge in [0.05, 0.1) is 12.0 Å². The van der Waals surface area contributed by atoms with Gasteiger partial charge in [0.25, 0.3) is 5.91 Å². The molecule has 0 spiro atoms. The fourth-order valence-electron chi connectivity index (χ4n) is 3.66. The summed E-state index contributed by atoms with van der Waals surface area (Å²) in [7, 11) is -1.57. The highest BCUT2D eigenvalue weighted by Gasteiger charge is 2.31. The van der Waals surface area contributed by atoms with Crippen LogP contribution in [0.15, 0.2) is 42.5 Å². The first-order valence-electron chi connectivity index (χ1n) is 11.6. The summed E-state index contributed by atoms with van der Waals surface area (Å²) in [6, 6.07) is 10.4. The summed E-state index contributed by atoms with van der Waals surface area (Å²) in [6.07, 6.45) is -3.74. The summed E-state index contributed by atoms with van der Waals surface area (Å²) in [4.78, 5) is 26.4. The minimum atomic E-state index is -4.76. The van der Waals surface area contributed by atoms with E-state index >= 15 is 0 Å². The number of primary amides is 1. The minimum absolute atomic E-state index is 0.0730. The molecule has 0 saturated carbocycles. The Kier molecular flexibility index (Phi) is 8.35. The van der Waals surface area contributed by atoms with Crippen molar-refractivity contribution < 1.29 is 32.2 Å². The van der Waals surface area contributed by atoms with Gasteiger partial charge < -0.3 is 20.1 Å². The van der Waals surface area contributed by atoms with E-state index in [0.717, 1.165) is 0 Å². The highest BCUT2D eigenvalue weighted by Crippen LogP contribution is 2.26. The summed E-state index contributed by atoms with van der Waals surface area (Å²) in [5, 5.41) is 0. The number of hydrogen-bond donors (Lipinski definition) is 1. The highest BCUT2D eigenvalue weighted by molar-refractivity contribution is 6.83. The van der Waals surface area contributed by atoms with Crippen LogP contribution in [0.4, 0.5) is 13.2 Å². The zero-order chi connectivity index (χ0) is 26.5. The van der Waals surface area contributed by atoms with Gasteiger partial charge in [-0.3, -0.25) is 9.59 Å². The number of hydrogen-bond acceptors (Lipinski definition) is 4. The maximum Gasteiger partial charge on any atom is 0.573 e. The molecule has 2 aromatic carbocycles. The van der Waals surface area contributed by atoms with E-state index in [2.05, 4.69) is 35.8 Å². The van der Waals surface area contributed by atoms with Gasteiger partial charge in [-0.1, -0.05) is 37.7 Å². The maximum atomic E-state index is 12.7. The standard InChI is InChI=1S/C26H29F3N2O4Si/c1-36(2,3)15-12-19-6-9-23(22(16-19)25(30)33)34-20-10-13-31(14-11-20)24(32)17-18-4-7-21(8-5-18)35-26(27,28)29/h4-9,16,20H,10-11,13-14,17H2,1-3H3,(H2,30,33). The average Bonchev–Trinajstić information content (AvgIpc) is 2.78. The van der Waals surface area contributed by atoms with Crippen LogP contribution in [0.5, 0.6) is 11.5 Å². The molecule has 6 nitrogen and oxygen atoms in total. The molecule has 192 valence electrons. The number of carbonyl (C=O) groups excluding carboxylic acids is 2. The zero-order valence-corrected chi connectivity index (χ0v) is 21.4. The van der Waals surface area contributed by atoms with Crippen LogP contribution >= 0.6 is 0 Å². The van der Waals surface area contributed by atoms with Gasteiger partial charge in [0.15, 0.2) is 0 Å². The van der Waals surface area contributed by atoms with Crippen LogP contribution in [0.2, 0.25) is 19.6 Å². The number of rotatable bonds is 6. The lowest BCUT2D eigenvalue weighted by Crippen LogP contribution is -2.42. The smallest absolute Gasteiger partial charge is 0.489 e. The average molecular weight is 519 g/mol. The molecule has 0 atom stereocenters. The van der Waals surface area contributed by atoms with E-state index in [-0.39, 0.29) is 29.7 Å². The lowest BCUT2D eigenvalue weighted by molar-refractivity contribution is -0.274. The Balaban J connectivity index is 1.56. The minimum Gasteiger partial charge on any atom is -0.489 e. The second-order valence-corrected chi connectivity index (χ2v) is 14.4. The van der Waals surface area contributed by atoms with E-state index in [9.17, 15) is 22.8 Å². The molecule has 1 saturated heterocycles. The van der Waals surface area contributed by atoms with Gasteiger partial charge in [-0.2, -0.15) is 0 Å². The molecule has 0 aliphatic carbocycles. The molecule has 1 aliphatic heterocycles. The molecule has 0 bridgehead atoms. The Labute approximate surface area is 209 Å². The third-order valence-corrected chi connectivity index (χ3v) is 6.30. The molecule has 1 heterocycles. The Morgan fingerprint density at radius 3 is 2.28 bits per heavy atom. The highest BCUT2D eigenvalue weighted by atomic mass is 28.3. The molecular weight excluding hydrogens is 489 g/mol. The predicted molar refractivity (Wildman–Crippen MR) is 132 cm³/mol.